The van der Waals surface area contributed by atoms with E-state index in [-0.39, 0.29) is 10.8 Å². The van der Waals surface area contributed by atoms with E-state index >= 15 is 0 Å². The second-order valence-electron chi connectivity index (χ2n) is 7.57. The van der Waals surface area contributed by atoms with Gasteiger partial charge < -0.3 is 9.47 Å². The Labute approximate surface area is 194 Å². The number of sulfonamides is 1. The average molecular weight is 472 g/mol. The molecule has 1 amide bonds. The van der Waals surface area contributed by atoms with E-state index in [0.717, 1.165) is 5.56 Å². The third-order valence-electron chi connectivity index (χ3n) is 5.12. The number of amides is 1. The zero-order valence-corrected chi connectivity index (χ0v) is 20.1. The molecule has 4 rings (SSSR count). The van der Waals surface area contributed by atoms with E-state index in [2.05, 4.69) is 5.10 Å². The van der Waals surface area contributed by atoms with Crippen molar-refractivity contribution < 1.29 is 22.7 Å². The maximum atomic E-state index is 13.0. The van der Waals surface area contributed by atoms with Gasteiger partial charge in [-0.2, -0.15) is 10.1 Å². The number of hydrogen-bond acceptors (Lipinski definition) is 6. The van der Waals surface area contributed by atoms with Crippen LogP contribution in [0, 0.1) is 5.92 Å². The average Bonchev–Trinajstić information content (AvgIpc) is 3.60. The summed E-state index contributed by atoms with van der Waals surface area (Å²) in [6.45, 7) is 6.39. The van der Waals surface area contributed by atoms with Crippen molar-refractivity contribution in [3.63, 3.8) is 0 Å². The summed E-state index contributed by atoms with van der Waals surface area (Å²) in [5.41, 5.74) is 1.99. The van der Waals surface area contributed by atoms with E-state index in [1.807, 2.05) is 26.0 Å². The molecule has 1 saturated carbocycles. The van der Waals surface area contributed by atoms with Crippen LogP contribution in [0.25, 0.3) is 6.08 Å². The van der Waals surface area contributed by atoms with Gasteiger partial charge in [0.2, 0.25) is 10.0 Å². The standard InChI is InChI=1S/C22H23N3O5S.C2H6/c1-14-19(10-16-8-9-20(21(11-16)29-2)30-13-15-6-7-15)22(26)25(24-14)17-4-3-5-18(12-17)31(23,27)28;1-2/h3-5,8-12,15H,6-7,13H2,1-2H3,(H2,23,27,28);1-2H3/b19-10-;. The maximum absolute atomic E-state index is 13.0. The fourth-order valence-electron chi connectivity index (χ4n) is 3.20. The quantitative estimate of drug-likeness (QED) is 0.615. The van der Waals surface area contributed by atoms with Crippen molar-refractivity contribution in [2.24, 2.45) is 16.2 Å². The van der Waals surface area contributed by atoms with Crippen molar-refractivity contribution in [3.05, 3.63) is 53.6 Å². The number of ether oxygens (including phenoxy) is 2. The lowest BCUT2D eigenvalue weighted by Gasteiger charge is -2.13. The molecule has 1 fully saturated rings. The molecule has 176 valence electrons. The molecule has 0 saturated heterocycles. The fourth-order valence-corrected chi connectivity index (χ4v) is 3.76. The van der Waals surface area contributed by atoms with Crippen LogP contribution in [0.3, 0.4) is 0 Å². The van der Waals surface area contributed by atoms with E-state index in [1.165, 1.54) is 36.0 Å². The molecular formula is C24H29N3O5S. The van der Waals surface area contributed by atoms with Crippen molar-refractivity contribution in [1.82, 2.24) is 0 Å². The van der Waals surface area contributed by atoms with Gasteiger partial charge in [0.05, 0.1) is 35.6 Å². The minimum absolute atomic E-state index is 0.0883. The molecule has 0 unspecified atom stereocenters. The van der Waals surface area contributed by atoms with Crippen molar-refractivity contribution in [2.45, 2.75) is 38.5 Å². The van der Waals surface area contributed by atoms with Gasteiger partial charge in [0.15, 0.2) is 11.5 Å². The van der Waals surface area contributed by atoms with Crippen LogP contribution in [0.1, 0.15) is 39.2 Å². The van der Waals surface area contributed by atoms with Crippen LogP contribution in [0.2, 0.25) is 0 Å². The minimum atomic E-state index is -3.89. The summed E-state index contributed by atoms with van der Waals surface area (Å²) in [7, 11) is -2.32. The molecule has 2 aliphatic rings. The molecule has 2 aromatic carbocycles. The lowest BCUT2D eigenvalue weighted by atomic mass is 10.1. The van der Waals surface area contributed by atoms with Gasteiger partial charge in [0, 0.05) is 0 Å². The Kier molecular flexibility index (Phi) is 7.55. The molecule has 0 bridgehead atoms. The molecule has 1 aliphatic carbocycles. The molecule has 2 N–H and O–H groups in total. The number of carbonyl (C=O) groups excluding carboxylic acids is 1. The van der Waals surface area contributed by atoms with E-state index in [9.17, 15) is 13.2 Å². The summed E-state index contributed by atoms with van der Waals surface area (Å²) in [4.78, 5) is 12.9. The highest BCUT2D eigenvalue weighted by atomic mass is 32.2. The molecule has 33 heavy (non-hydrogen) atoms. The largest absolute Gasteiger partial charge is 0.493 e. The molecule has 2 aromatic rings. The molecule has 0 aromatic heterocycles. The van der Waals surface area contributed by atoms with Crippen molar-refractivity contribution >= 4 is 33.4 Å². The highest BCUT2D eigenvalue weighted by molar-refractivity contribution is 7.89. The van der Waals surface area contributed by atoms with E-state index in [0.29, 0.717) is 41.0 Å². The summed E-state index contributed by atoms with van der Waals surface area (Å²) in [5, 5.41) is 10.7. The Morgan fingerprint density at radius 3 is 2.52 bits per heavy atom. The number of rotatable bonds is 7. The predicted molar refractivity (Wildman–Crippen MR) is 129 cm³/mol. The Morgan fingerprint density at radius 1 is 1.15 bits per heavy atom. The first-order valence-corrected chi connectivity index (χ1v) is 12.4. The van der Waals surface area contributed by atoms with Gasteiger partial charge in [-0.05, 0) is 67.7 Å². The summed E-state index contributed by atoms with van der Waals surface area (Å²) >= 11 is 0. The molecular weight excluding hydrogens is 442 g/mol. The zero-order chi connectivity index (χ0) is 24.2. The summed E-state index contributed by atoms with van der Waals surface area (Å²) in [5.74, 6) is 1.52. The second kappa shape index (κ2) is 10.2. The number of hydrogen-bond donors (Lipinski definition) is 1. The molecule has 1 heterocycles. The van der Waals surface area contributed by atoms with Crippen molar-refractivity contribution in [3.8, 4) is 11.5 Å². The van der Waals surface area contributed by atoms with Gasteiger partial charge in [-0.3, -0.25) is 4.79 Å². The first-order valence-electron chi connectivity index (χ1n) is 10.8. The lowest BCUT2D eigenvalue weighted by Crippen LogP contribution is -2.22. The fraction of sp³-hybridized carbons (Fsp3) is 0.333. The number of nitrogens with zero attached hydrogens (tertiary/aromatic N) is 2. The Morgan fingerprint density at radius 2 is 1.88 bits per heavy atom. The van der Waals surface area contributed by atoms with Crippen molar-refractivity contribution in [1.29, 1.82) is 0 Å². The van der Waals surface area contributed by atoms with Gasteiger partial charge in [-0.15, -0.1) is 0 Å². The van der Waals surface area contributed by atoms with Crippen LogP contribution in [0.15, 0.2) is 58.0 Å². The smallest absolute Gasteiger partial charge is 0.280 e. The van der Waals surface area contributed by atoms with Gasteiger partial charge in [0.25, 0.3) is 5.91 Å². The van der Waals surface area contributed by atoms with Gasteiger partial charge >= 0.3 is 0 Å². The number of anilines is 1. The SMILES string of the molecule is CC.COc1cc(/C=C2\C(=O)N(c3cccc(S(N)(=O)=O)c3)N=C2C)ccc1OCC1CC1. The highest BCUT2D eigenvalue weighted by Crippen LogP contribution is 2.34. The number of methoxy groups -OCH3 is 1. The maximum Gasteiger partial charge on any atom is 0.280 e. The highest BCUT2D eigenvalue weighted by Gasteiger charge is 2.29. The molecule has 0 spiro atoms. The summed E-state index contributed by atoms with van der Waals surface area (Å²) in [6.07, 6.45) is 4.12. The third-order valence-corrected chi connectivity index (χ3v) is 6.03. The molecule has 8 nitrogen and oxygen atoms in total. The zero-order valence-electron chi connectivity index (χ0n) is 19.2. The molecule has 0 atom stereocenters. The normalized spacial score (nSPS) is 16.9. The van der Waals surface area contributed by atoms with E-state index in [1.54, 1.807) is 32.2 Å². The summed E-state index contributed by atoms with van der Waals surface area (Å²) in [6, 6.07) is 11.3. The van der Waals surface area contributed by atoms with Crippen LogP contribution in [0.5, 0.6) is 11.5 Å². The van der Waals surface area contributed by atoms with Crippen LogP contribution in [0.4, 0.5) is 5.69 Å². The van der Waals surface area contributed by atoms with Gasteiger partial charge in [0.1, 0.15) is 0 Å². The first-order chi connectivity index (χ1) is 15.8. The first kappa shape index (κ1) is 24.5. The Hall–Kier alpha value is -3.17. The Bertz CT molecular complexity index is 1200. The second-order valence-corrected chi connectivity index (χ2v) is 9.13. The van der Waals surface area contributed by atoms with Crippen LogP contribution >= 0.6 is 0 Å². The predicted octanol–water partition coefficient (Wildman–Crippen LogP) is 3.96. The number of carbonyl (C=O) groups is 1. The van der Waals surface area contributed by atoms with Gasteiger partial charge in [-0.25, -0.2) is 13.6 Å². The van der Waals surface area contributed by atoms with E-state index < -0.39 is 10.0 Å². The lowest BCUT2D eigenvalue weighted by molar-refractivity contribution is -0.114. The molecule has 1 aliphatic heterocycles. The van der Waals surface area contributed by atoms with Gasteiger partial charge in [-0.1, -0.05) is 26.0 Å². The Balaban J connectivity index is 0.00000149. The third kappa shape index (κ3) is 5.80. The number of benzene rings is 2. The number of nitrogens with two attached hydrogens (primary N) is 1. The minimum Gasteiger partial charge on any atom is -0.493 e. The molecule has 9 heteroatoms. The molecule has 0 radical (unpaired) electrons. The number of hydrazone groups is 1. The van der Waals surface area contributed by atoms with Crippen LogP contribution < -0.4 is 19.6 Å². The van der Waals surface area contributed by atoms with Crippen LogP contribution in [-0.2, 0) is 14.8 Å². The number of primary sulfonamides is 1. The monoisotopic (exact) mass is 471 g/mol. The van der Waals surface area contributed by atoms with E-state index in [4.69, 9.17) is 14.6 Å². The topological polar surface area (TPSA) is 111 Å². The van der Waals surface area contributed by atoms with Crippen molar-refractivity contribution in [2.75, 3.05) is 18.7 Å². The summed E-state index contributed by atoms with van der Waals surface area (Å²) < 4.78 is 34.5. The van der Waals surface area contributed by atoms with Crippen LogP contribution in [-0.4, -0.2) is 33.8 Å².